The fourth-order valence-electron chi connectivity index (χ4n) is 1.23. The van der Waals surface area contributed by atoms with E-state index in [0.717, 1.165) is 0 Å². The summed E-state index contributed by atoms with van der Waals surface area (Å²) in [5.41, 5.74) is 0.685. The van der Waals surface area contributed by atoms with Crippen molar-refractivity contribution in [3.8, 4) is 11.6 Å². The summed E-state index contributed by atoms with van der Waals surface area (Å²) < 4.78 is 23.7. The molecule has 2 aromatic rings. The molecule has 0 radical (unpaired) electrons. The molecule has 0 atom stereocenters. The minimum absolute atomic E-state index is 0.125. The molecule has 4 nitrogen and oxygen atoms in total. The smallest absolute Gasteiger partial charge is 0.237 e. The largest absolute Gasteiger partial charge is 0.434 e. The standard InChI is InChI=1S/C12H11FN2O2S/c1-18-16-8-9-6-15-12(7-14-9)17-11-5-3-2-4-10(11)13/h2-7H,8H2,1H3. The van der Waals surface area contributed by atoms with E-state index in [-0.39, 0.29) is 11.6 Å². The maximum Gasteiger partial charge on any atom is 0.237 e. The van der Waals surface area contributed by atoms with E-state index in [1.54, 1.807) is 12.1 Å². The van der Waals surface area contributed by atoms with Gasteiger partial charge in [0.05, 0.1) is 18.1 Å². The highest BCUT2D eigenvalue weighted by molar-refractivity contribution is 7.93. The van der Waals surface area contributed by atoms with Crippen molar-refractivity contribution in [2.24, 2.45) is 0 Å². The Balaban J connectivity index is 2.04. The number of nitrogens with zero attached hydrogens (tertiary/aromatic N) is 2. The normalized spacial score (nSPS) is 10.3. The van der Waals surface area contributed by atoms with Crippen LogP contribution in [0.15, 0.2) is 36.7 Å². The van der Waals surface area contributed by atoms with Crippen LogP contribution in [0.5, 0.6) is 11.6 Å². The van der Waals surface area contributed by atoms with Crippen molar-refractivity contribution < 1.29 is 13.3 Å². The van der Waals surface area contributed by atoms with Crippen LogP contribution in [-0.4, -0.2) is 16.2 Å². The average molecular weight is 266 g/mol. The fraction of sp³-hybridized carbons (Fsp3) is 0.167. The number of halogens is 1. The molecule has 0 spiro atoms. The van der Waals surface area contributed by atoms with E-state index in [9.17, 15) is 4.39 Å². The highest BCUT2D eigenvalue weighted by Crippen LogP contribution is 2.21. The average Bonchev–Trinajstić information content (AvgIpc) is 2.41. The predicted octanol–water partition coefficient (Wildman–Crippen LogP) is 3.20. The first-order valence-electron chi connectivity index (χ1n) is 5.18. The van der Waals surface area contributed by atoms with Crippen LogP contribution < -0.4 is 4.74 Å². The van der Waals surface area contributed by atoms with Gasteiger partial charge in [-0.2, -0.15) is 0 Å². The number of hydrogen-bond donors (Lipinski definition) is 0. The molecule has 1 aromatic heterocycles. The Morgan fingerprint density at radius 3 is 2.72 bits per heavy atom. The minimum Gasteiger partial charge on any atom is -0.434 e. The molecule has 0 amide bonds. The van der Waals surface area contributed by atoms with Gasteiger partial charge in [0, 0.05) is 6.26 Å². The number of ether oxygens (including phenoxy) is 1. The van der Waals surface area contributed by atoms with E-state index >= 15 is 0 Å². The molecule has 94 valence electrons. The summed E-state index contributed by atoms with van der Waals surface area (Å²) in [6.45, 7) is 0.369. The number of hydrogen-bond acceptors (Lipinski definition) is 5. The highest BCUT2D eigenvalue weighted by atomic mass is 32.2. The first-order chi connectivity index (χ1) is 8.79. The van der Waals surface area contributed by atoms with Gasteiger partial charge >= 0.3 is 0 Å². The maximum absolute atomic E-state index is 13.3. The van der Waals surface area contributed by atoms with Gasteiger partial charge < -0.3 is 8.92 Å². The zero-order chi connectivity index (χ0) is 12.8. The Bertz CT molecular complexity index is 508. The van der Waals surface area contributed by atoms with E-state index in [0.29, 0.717) is 12.3 Å². The topological polar surface area (TPSA) is 44.2 Å². The van der Waals surface area contributed by atoms with Crippen LogP contribution in [0.4, 0.5) is 4.39 Å². The fourth-order valence-corrected chi connectivity index (χ4v) is 1.47. The second-order valence-electron chi connectivity index (χ2n) is 3.31. The van der Waals surface area contributed by atoms with Gasteiger partial charge in [-0.15, -0.1) is 0 Å². The summed E-state index contributed by atoms with van der Waals surface area (Å²) in [7, 11) is 0. The number of rotatable bonds is 5. The third-order valence-electron chi connectivity index (χ3n) is 2.06. The lowest BCUT2D eigenvalue weighted by molar-refractivity contribution is 0.357. The van der Waals surface area contributed by atoms with Gasteiger partial charge in [0.25, 0.3) is 0 Å². The zero-order valence-corrected chi connectivity index (χ0v) is 10.5. The molecule has 18 heavy (non-hydrogen) atoms. The summed E-state index contributed by atoms with van der Waals surface area (Å²) in [5, 5.41) is 0. The molecular weight excluding hydrogens is 255 g/mol. The third-order valence-corrected chi connectivity index (χ3v) is 2.41. The predicted molar refractivity (Wildman–Crippen MR) is 66.8 cm³/mol. The van der Waals surface area contributed by atoms with Crippen LogP contribution >= 0.6 is 12.0 Å². The molecule has 0 aliphatic rings. The van der Waals surface area contributed by atoms with Crippen LogP contribution in [0.1, 0.15) is 5.69 Å². The monoisotopic (exact) mass is 266 g/mol. The van der Waals surface area contributed by atoms with Crippen molar-refractivity contribution >= 4 is 12.0 Å². The molecule has 0 N–H and O–H groups in total. The summed E-state index contributed by atoms with van der Waals surface area (Å²) in [6, 6.07) is 6.13. The Kier molecular flexibility index (Phi) is 4.49. The summed E-state index contributed by atoms with van der Waals surface area (Å²) in [6.07, 6.45) is 4.79. The zero-order valence-electron chi connectivity index (χ0n) is 9.67. The third kappa shape index (κ3) is 3.41. The van der Waals surface area contributed by atoms with Gasteiger partial charge in [0.1, 0.15) is 6.61 Å². The second kappa shape index (κ2) is 6.32. The molecule has 0 saturated carbocycles. The Hall–Kier alpha value is -1.66. The van der Waals surface area contributed by atoms with Crippen LogP contribution in [-0.2, 0) is 10.8 Å². The number of benzene rings is 1. The van der Waals surface area contributed by atoms with E-state index in [1.165, 1.54) is 36.6 Å². The van der Waals surface area contributed by atoms with E-state index in [1.807, 2.05) is 6.26 Å². The Morgan fingerprint density at radius 1 is 1.22 bits per heavy atom. The van der Waals surface area contributed by atoms with Gasteiger partial charge in [-0.05, 0) is 24.2 Å². The van der Waals surface area contributed by atoms with Crippen LogP contribution in [0.25, 0.3) is 0 Å². The second-order valence-corrected chi connectivity index (χ2v) is 3.88. The molecule has 0 aliphatic heterocycles. The Morgan fingerprint density at radius 2 is 2.06 bits per heavy atom. The lowest BCUT2D eigenvalue weighted by Gasteiger charge is -2.05. The summed E-state index contributed by atoms with van der Waals surface area (Å²) in [4.78, 5) is 8.12. The van der Waals surface area contributed by atoms with Gasteiger partial charge in [-0.3, -0.25) is 4.98 Å². The summed E-state index contributed by atoms with van der Waals surface area (Å²) >= 11 is 1.26. The minimum atomic E-state index is -0.436. The molecule has 0 aliphatic carbocycles. The van der Waals surface area contributed by atoms with Gasteiger partial charge in [-0.25, -0.2) is 9.37 Å². The lowest BCUT2D eigenvalue weighted by atomic mass is 10.3. The molecule has 0 saturated heterocycles. The molecular formula is C12H11FN2O2S. The first kappa shape index (κ1) is 12.8. The van der Waals surface area contributed by atoms with Crippen molar-refractivity contribution in [3.63, 3.8) is 0 Å². The van der Waals surface area contributed by atoms with Gasteiger partial charge in [-0.1, -0.05) is 12.1 Å². The Labute approximate surface area is 108 Å². The van der Waals surface area contributed by atoms with Crippen LogP contribution in [0.2, 0.25) is 0 Å². The van der Waals surface area contributed by atoms with Crippen molar-refractivity contribution in [1.82, 2.24) is 9.97 Å². The van der Waals surface area contributed by atoms with E-state index in [4.69, 9.17) is 8.92 Å². The highest BCUT2D eigenvalue weighted by Gasteiger charge is 2.05. The molecule has 1 aromatic carbocycles. The van der Waals surface area contributed by atoms with Gasteiger partial charge in [0.2, 0.25) is 5.88 Å². The van der Waals surface area contributed by atoms with Crippen LogP contribution in [0.3, 0.4) is 0 Å². The number of aromatic nitrogens is 2. The molecule has 2 rings (SSSR count). The van der Waals surface area contributed by atoms with Crippen molar-refractivity contribution in [1.29, 1.82) is 0 Å². The van der Waals surface area contributed by atoms with Crippen molar-refractivity contribution in [2.45, 2.75) is 6.61 Å². The van der Waals surface area contributed by atoms with E-state index in [2.05, 4.69) is 9.97 Å². The molecule has 0 bridgehead atoms. The SMILES string of the molecule is CSOCc1cnc(Oc2ccccc2F)cn1. The van der Waals surface area contributed by atoms with Crippen molar-refractivity contribution in [3.05, 3.63) is 48.2 Å². The maximum atomic E-state index is 13.3. The molecule has 1 heterocycles. The van der Waals surface area contributed by atoms with Crippen LogP contribution in [0, 0.1) is 5.82 Å². The molecule has 0 unspecified atom stereocenters. The molecule has 6 heteroatoms. The lowest BCUT2D eigenvalue weighted by Crippen LogP contribution is -1.95. The summed E-state index contributed by atoms with van der Waals surface area (Å²) in [5.74, 6) is -0.0676. The molecule has 0 fully saturated rings. The number of para-hydroxylation sites is 1. The quantitative estimate of drug-likeness (QED) is 0.777. The van der Waals surface area contributed by atoms with E-state index < -0.39 is 5.82 Å². The first-order valence-corrected chi connectivity index (χ1v) is 6.33. The van der Waals surface area contributed by atoms with Crippen molar-refractivity contribution in [2.75, 3.05) is 6.26 Å². The van der Waals surface area contributed by atoms with Gasteiger partial charge in [0.15, 0.2) is 11.6 Å².